The number of nitrogens with one attached hydrogen (secondary N) is 1. The monoisotopic (exact) mass is 251 g/mol. The second-order valence-corrected chi connectivity index (χ2v) is 4.03. The van der Waals surface area contributed by atoms with Gasteiger partial charge in [-0.3, -0.25) is 0 Å². The molecule has 2 heterocycles. The minimum absolute atomic E-state index is 1.21. The molecular weight excluding hydrogens is 238 g/mol. The molecule has 0 aliphatic carbocycles. The fourth-order valence-corrected chi connectivity index (χ4v) is 2.02. The molecule has 0 spiro atoms. The number of fused-ring (bicyclic) bond motifs is 3. The lowest BCUT2D eigenvalue weighted by Crippen LogP contribution is -1.74. The van der Waals surface area contributed by atoms with Gasteiger partial charge in [0.25, 0.3) is 0 Å². The Bertz CT molecular complexity index is 670. The molecule has 0 saturated heterocycles. The lowest BCUT2D eigenvalue weighted by Gasteiger charge is -1.94. The summed E-state index contributed by atoms with van der Waals surface area (Å²) in [6, 6.07) is 16.8. The van der Waals surface area contributed by atoms with E-state index in [-0.39, 0.29) is 0 Å². The highest BCUT2D eigenvalue weighted by molar-refractivity contribution is 6.06. The number of aromatic nitrogens is 1. The second kappa shape index (κ2) is 5.31. The first-order valence-corrected chi connectivity index (χ1v) is 6.01. The predicted molar refractivity (Wildman–Crippen MR) is 76.3 cm³/mol. The van der Waals surface area contributed by atoms with Gasteiger partial charge in [0, 0.05) is 21.8 Å². The normalized spacial score (nSPS) is 12.6. The van der Waals surface area contributed by atoms with Gasteiger partial charge in [-0.2, -0.15) is 0 Å². The summed E-state index contributed by atoms with van der Waals surface area (Å²) in [7, 11) is 0. The van der Waals surface area contributed by atoms with Gasteiger partial charge in [0.15, 0.2) is 0 Å². The number of ether oxygens (including phenoxy) is 2. The second-order valence-electron chi connectivity index (χ2n) is 4.03. The third-order valence-electron chi connectivity index (χ3n) is 2.84. The van der Waals surface area contributed by atoms with Crippen molar-refractivity contribution < 1.29 is 9.47 Å². The summed E-state index contributed by atoms with van der Waals surface area (Å²) in [4.78, 5) is 3.38. The summed E-state index contributed by atoms with van der Waals surface area (Å²) < 4.78 is 9.17. The maximum absolute atomic E-state index is 4.58. The van der Waals surface area contributed by atoms with Crippen molar-refractivity contribution in [2.24, 2.45) is 0 Å². The Morgan fingerprint density at radius 2 is 1.00 bits per heavy atom. The maximum atomic E-state index is 4.58. The van der Waals surface area contributed by atoms with Crippen LogP contribution in [-0.2, 0) is 9.47 Å². The van der Waals surface area contributed by atoms with E-state index >= 15 is 0 Å². The lowest BCUT2D eigenvalue weighted by atomic mass is 10.2. The van der Waals surface area contributed by atoms with Gasteiger partial charge in [-0.25, -0.2) is 0 Å². The number of H-pyrrole nitrogens is 1. The summed E-state index contributed by atoms with van der Waals surface area (Å²) in [5, 5.41) is 2.61. The Balaban J connectivity index is 0.000000155. The van der Waals surface area contributed by atoms with Crippen LogP contribution in [0.2, 0.25) is 0 Å². The highest BCUT2D eigenvalue weighted by Gasteiger charge is 2.00. The third kappa shape index (κ3) is 2.45. The molecule has 1 aliphatic heterocycles. The van der Waals surface area contributed by atoms with Crippen molar-refractivity contribution in [3.8, 4) is 0 Å². The van der Waals surface area contributed by atoms with E-state index in [0.29, 0.717) is 0 Å². The topological polar surface area (TPSA) is 34.2 Å². The molecule has 0 unspecified atom stereocenters. The van der Waals surface area contributed by atoms with E-state index < -0.39 is 0 Å². The van der Waals surface area contributed by atoms with E-state index in [4.69, 9.17) is 0 Å². The highest BCUT2D eigenvalue weighted by atomic mass is 16.5. The van der Waals surface area contributed by atoms with Gasteiger partial charge >= 0.3 is 0 Å². The van der Waals surface area contributed by atoms with E-state index in [1.54, 1.807) is 0 Å². The molecule has 3 nitrogen and oxygen atoms in total. The van der Waals surface area contributed by atoms with Crippen LogP contribution in [0.25, 0.3) is 21.8 Å². The van der Waals surface area contributed by atoms with Gasteiger partial charge in [0.2, 0.25) is 0 Å². The van der Waals surface area contributed by atoms with Crippen LogP contribution in [0, 0.1) is 0 Å². The van der Waals surface area contributed by atoms with E-state index in [1.807, 2.05) is 0 Å². The molecule has 3 aromatic rings. The summed E-state index contributed by atoms with van der Waals surface area (Å²) in [6.07, 6.45) is 5.83. The van der Waals surface area contributed by atoms with E-state index in [2.05, 4.69) is 63.0 Å². The van der Waals surface area contributed by atoms with Crippen molar-refractivity contribution in [1.82, 2.24) is 4.98 Å². The molecule has 0 atom stereocenters. The number of hydrogen-bond acceptors (Lipinski definition) is 2. The minimum atomic E-state index is 1.21. The van der Waals surface area contributed by atoms with Gasteiger partial charge < -0.3 is 14.5 Å². The lowest BCUT2D eigenvalue weighted by molar-refractivity contribution is 0.290. The molecule has 1 aromatic heterocycles. The molecule has 3 heteroatoms. The van der Waals surface area contributed by atoms with E-state index in [9.17, 15) is 0 Å². The molecule has 1 N–H and O–H groups in total. The Kier molecular flexibility index (Phi) is 3.19. The van der Waals surface area contributed by atoms with Crippen molar-refractivity contribution in [3.05, 3.63) is 73.6 Å². The molecule has 1 aliphatic rings. The molecule has 19 heavy (non-hydrogen) atoms. The SMILES string of the molecule is C1=COC=CO1.c1ccc2c(c1)[nH]c1ccccc12. The van der Waals surface area contributed by atoms with Gasteiger partial charge in [-0.15, -0.1) is 0 Å². The zero-order valence-electron chi connectivity index (χ0n) is 10.2. The molecule has 0 saturated carbocycles. The van der Waals surface area contributed by atoms with Crippen LogP contribution in [0.15, 0.2) is 73.6 Å². The smallest absolute Gasteiger partial charge is 0.125 e. The molecule has 94 valence electrons. The van der Waals surface area contributed by atoms with Crippen molar-refractivity contribution in [1.29, 1.82) is 0 Å². The van der Waals surface area contributed by atoms with Crippen LogP contribution in [-0.4, -0.2) is 4.98 Å². The first-order valence-electron chi connectivity index (χ1n) is 6.01. The summed E-state index contributed by atoms with van der Waals surface area (Å²) in [5.41, 5.74) is 2.42. The number of rotatable bonds is 0. The van der Waals surface area contributed by atoms with Crippen molar-refractivity contribution >= 4 is 21.8 Å². The van der Waals surface area contributed by atoms with Crippen LogP contribution in [0.4, 0.5) is 0 Å². The summed E-state index contributed by atoms with van der Waals surface area (Å²) in [5.74, 6) is 0. The van der Waals surface area contributed by atoms with Crippen LogP contribution in [0.1, 0.15) is 0 Å². The van der Waals surface area contributed by atoms with Crippen LogP contribution < -0.4 is 0 Å². The first-order chi connectivity index (χ1) is 9.45. The van der Waals surface area contributed by atoms with Crippen LogP contribution >= 0.6 is 0 Å². The molecule has 2 aromatic carbocycles. The van der Waals surface area contributed by atoms with Gasteiger partial charge in [-0.05, 0) is 12.1 Å². The van der Waals surface area contributed by atoms with E-state index in [0.717, 1.165) is 0 Å². The van der Waals surface area contributed by atoms with E-state index in [1.165, 1.54) is 46.9 Å². The summed E-state index contributed by atoms with van der Waals surface area (Å²) >= 11 is 0. The molecule has 4 rings (SSSR count). The van der Waals surface area contributed by atoms with Crippen molar-refractivity contribution in [2.75, 3.05) is 0 Å². The zero-order valence-corrected chi connectivity index (χ0v) is 10.2. The van der Waals surface area contributed by atoms with Crippen molar-refractivity contribution in [3.63, 3.8) is 0 Å². The van der Waals surface area contributed by atoms with Crippen LogP contribution in [0.3, 0.4) is 0 Å². The first kappa shape index (κ1) is 11.4. The van der Waals surface area contributed by atoms with Crippen molar-refractivity contribution in [2.45, 2.75) is 0 Å². The quantitative estimate of drug-likeness (QED) is 0.646. The number of aromatic amines is 1. The molecule has 0 radical (unpaired) electrons. The number of benzene rings is 2. The molecule has 0 amide bonds. The zero-order chi connectivity index (χ0) is 12.9. The Hall–Kier alpha value is -2.68. The Labute approximate surface area is 110 Å². The van der Waals surface area contributed by atoms with Gasteiger partial charge in [0.1, 0.15) is 25.0 Å². The summed E-state index contributed by atoms with van der Waals surface area (Å²) in [6.45, 7) is 0. The largest absolute Gasteiger partial charge is 0.466 e. The molecular formula is C16H13NO2. The number of hydrogen-bond donors (Lipinski definition) is 1. The Morgan fingerprint density at radius 3 is 1.42 bits per heavy atom. The molecule has 0 bridgehead atoms. The van der Waals surface area contributed by atoms with Gasteiger partial charge in [-0.1, -0.05) is 36.4 Å². The average molecular weight is 251 g/mol. The fourth-order valence-electron chi connectivity index (χ4n) is 2.02. The standard InChI is InChI=1S/C12H9N.C4H4O2/c1-3-7-11-9(5-1)10-6-2-4-8-12(10)13-11;1-2-6-4-3-5-1/h1-8,13H;1-4H. The van der Waals surface area contributed by atoms with Crippen LogP contribution in [0.5, 0.6) is 0 Å². The fraction of sp³-hybridized carbons (Fsp3) is 0. The molecule has 0 fully saturated rings. The minimum Gasteiger partial charge on any atom is -0.466 e. The number of para-hydroxylation sites is 2. The highest BCUT2D eigenvalue weighted by Crippen LogP contribution is 2.24. The maximum Gasteiger partial charge on any atom is 0.125 e. The third-order valence-corrected chi connectivity index (χ3v) is 2.84. The average Bonchev–Trinajstić information content (AvgIpc) is 2.88. The predicted octanol–water partition coefficient (Wildman–Crippen LogP) is 4.30. The Morgan fingerprint density at radius 1 is 0.579 bits per heavy atom. The van der Waals surface area contributed by atoms with Gasteiger partial charge in [0.05, 0.1) is 0 Å².